The molecule has 162 valence electrons. The molecule has 0 amide bonds. The Kier molecular flexibility index (Phi) is 4.90. The quantitative estimate of drug-likeness (QED) is 0.515. The molecule has 0 bridgehead atoms. The summed E-state index contributed by atoms with van der Waals surface area (Å²) in [5.74, 6) is 1.47. The average Bonchev–Trinajstić information content (AvgIpc) is 3.42. The summed E-state index contributed by atoms with van der Waals surface area (Å²) < 4.78 is 23.6. The number of nitrogens with one attached hydrogen (secondary N) is 1. The van der Waals surface area contributed by atoms with E-state index in [0.717, 1.165) is 28.3 Å². The zero-order valence-electron chi connectivity index (χ0n) is 17.6. The smallest absolute Gasteiger partial charge is 0.167 e. The molecule has 9 nitrogen and oxygen atoms in total. The molecule has 0 spiro atoms. The molecule has 1 fully saturated rings. The molecule has 0 aliphatic carbocycles. The van der Waals surface area contributed by atoms with Gasteiger partial charge in [-0.05, 0) is 31.2 Å². The predicted molar refractivity (Wildman–Crippen MR) is 123 cm³/mol. The first-order chi connectivity index (χ1) is 15.5. The van der Waals surface area contributed by atoms with Crippen molar-refractivity contribution < 1.29 is 4.21 Å². The third kappa shape index (κ3) is 3.50. The lowest BCUT2D eigenvalue weighted by Gasteiger charge is -2.28. The van der Waals surface area contributed by atoms with Gasteiger partial charge >= 0.3 is 0 Å². The summed E-state index contributed by atoms with van der Waals surface area (Å²) in [6.07, 6.45) is 3.63. The molecule has 5 rings (SSSR count). The molecule has 3 aromatic heterocycles. The van der Waals surface area contributed by atoms with Gasteiger partial charge in [0.15, 0.2) is 5.65 Å². The maximum absolute atomic E-state index is 12.1. The fourth-order valence-corrected chi connectivity index (χ4v) is 5.26. The van der Waals surface area contributed by atoms with Gasteiger partial charge in [0.2, 0.25) is 0 Å². The van der Waals surface area contributed by atoms with E-state index in [-0.39, 0.29) is 0 Å². The number of anilines is 1. The van der Waals surface area contributed by atoms with Gasteiger partial charge in [-0.1, -0.05) is 12.1 Å². The molecule has 0 radical (unpaired) electrons. The van der Waals surface area contributed by atoms with Gasteiger partial charge in [0.1, 0.15) is 11.5 Å². The van der Waals surface area contributed by atoms with Crippen molar-refractivity contribution in [2.75, 3.05) is 29.5 Å². The van der Waals surface area contributed by atoms with Crippen LogP contribution in [0.15, 0.2) is 48.8 Å². The first-order valence-corrected chi connectivity index (χ1v) is 12.3. The highest BCUT2D eigenvalue weighted by Crippen LogP contribution is 2.35. The van der Waals surface area contributed by atoms with E-state index in [9.17, 15) is 9.47 Å². The van der Waals surface area contributed by atoms with Crippen molar-refractivity contribution in [3.63, 3.8) is 0 Å². The van der Waals surface area contributed by atoms with Crippen molar-refractivity contribution in [3.8, 4) is 28.6 Å². The van der Waals surface area contributed by atoms with Crippen LogP contribution < -0.4 is 4.90 Å². The monoisotopic (exact) mass is 446 g/mol. The van der Waals surface area contributed by atoms with Crippen molar-refractivity contribution in [2.24, 2.45) is 0 Å². The SMILES string of the molecule is CCn1nccc1-c1c(-c2cccc(C#N)c2)nn2ccc(N3CCS(=N)(=O)CC3)nc12. The standard InChI is InChI=1S/C22H22N8OS/c1-2-29-18(6-8-25-29)20-21(17-5-3-4-16(14-17)15-23)27-30-9-7-19(26-22(20)30)28-10-12-32(24,31)13-11-28/h3-9,14,24H,2,10-13H2,1H3. The predicted octanol–water partition coefficient (Wildman–Crippen LogP) is 3.02. The van der Waals surface area contributed by atoms with Gasteiger partial charge in [-0.3, -0.25) is 9.46 Å². The minimum Gasteiger partial charge on any atom is -0.355 e. The molecule has 32 heavy (non-hydrogen) atoms. The van der Waals surface area contributed by atoms with Gasteiger partial charge in [-0.2, -0.15) is 15.5 Å². The van der Waals surface area contributed by atoms with E-state index in [1.807, 2.05) is 48.1 Å². The van der Waals surface area contributed by atoms with Crippen LogP contribution in [-0.2, 0) is 16.3 Å². The molecule has 1 saturated heterocycles. The lowest BCUT2D eigenvalue weighted by Crippen LogP contribution is -2.40. The molecule has 0 saturated carbocycles. The minimum atomic E-state index is -2.48. The second-order valence-corrected chi connectivity index (χ2v) is 10.1. The van der Waals surface area contributed by atoms with Gasteiger partial charge in [0.05, 0.1) is 22.9 Å². The summed E-state index contributed by atoms with van der Waals surface area (Å²) in [5.41, 5.74) is 4.57. The zero-order valence-corrected chi connectivity index (χ0v) is 18.4. The van der Waals surface area contributed by atoms with Crippen LogP contribution in [0, 0.1) is 16.1 Å². The van der Waals surface area contributed by atoms with E-state index < -0.39 is 9.73 Å². The number of aryl methyl sites for hydroxylation is 1. The Morgan fingerprint density at radius 3 is 2.78 bits per heavy atom. The van der Waals surface area contributed by atoms with E-state index >= 15 is 0 Å². The van der Waals surface area contributed by atoms with Crippen molar-refractivity contribution in [3.05, 3.63) is 54.4 Å². The van der Waals surface area contributed by atoms with Gasteiger partial charge in [0.25, 0.3) is 0 Å². The topological polar surface area (TPSA) is 116 Å². The van der Waals surface area contributed by atoms with Crippen molar-refractivity contribution >= 4 is 21.2 Å². The fraction of sp³-hybridized carbons (Fsp3) is 0.273. The van der Waals surface area contributed by atoms with Gasteiger partial charge < -0.3 is 4.90 Å². The van der Waals surface area contributed by atoms with Crippen molar-refractivity contribution in [2.45, 2.75) is 13.5 Å². The highest BCUT2D eigenvalue weighted by molar-refractivity contribution is 7.92. The van der Waals surface area contributed by atoms with E-state index in [2.05, 4.69) is 16.1 Å². The highest BCUT2D eigenvalue weighted by Gasteiger charge is 2.24. The van der Waals surface area contributed by atoms with Crippen LogP contribution >= 0.6 is 0 Å². The second-order valence-electron chi connectivity index (χ2n) is 7.71. The molecule has 1 aliphatic heterocycles. The van der Waals surface area contributed by atoms with Crippen molar-refractivity contribution in [1.82, 2.24) is 24.4 Å². The van der Waals surface area contributed by atoms with Crippen LogP contribution in [0.2, 0.25) is 0 Å². The first-order valence-electron chi connectivity index (χ1n) is 10.4. The number of hydrogen-bond donors (Lipinski definition) is 1. The largest absolute Gasteiger partial charge is 0.355 e. The van der Waals surface area contributed by atoms with E-state index in [1.54, 1.807) is 16.8 Å². The normalized spacial score (nSPS) is 15.7. The minimum absolute atomic E-state index is 0.348. The summed E-state index contributed by atoms with van der Waals surface area (Å²) in [7, 11) is -2.48. The fourth-order valence-electron chi connectivity index (χ4n) is 4.03. The van der Waals surface area contributed by atoms with Crippen LogP contribution in [0.1, 0.15) is 12.5 Å². The molecule has 10 heteroatoms. The summed E-state index contributed by atoms with van der Waals surface area (Å²) in [4.78, 5) is 7.00. The van der Waals surface area contributed by atoms with Crippen LogP contribution in [0.25, 0.3) is 28.2 Å². The Morgan fingerprint density at radius 1 is 1.22 bits per heavy atom. The zero-order chi connectivity index (χ0) is 22.3. The molecule has 1 N–H and O–H groups in total. The summed E-state index contributed by atoms with van der Waals surface area (Å²) in [5, 5.41) is 18.6. The van der Waals surface area contributed by atoms with E-state index in [4.69, 9.17) is 14.9 Å². The molecule has 1 aliphatic rings. The average molecular weight is 447 g/mol. The second kappa shape index (κ2) is 7.76. The molecular formula is C22H22N8OS. The van der Waals surface area contributed by atoms with Crippen molar-refractivity contribution in [1.29, 1.82) is 10.0 Å². The molecule has 0 atom stereocenters. The van der Waals surface area contributed by atoms with Gasteiger partial charge in [0, 0.05) is 58.8 Å². The van der Waals surface area contributed by atoms with Crippen LogP contribution in [0.4, 0.5) is 5.82 Å². The number of aromatic nitrogens is 5. The number of rotatable bonds is 4. The molecular weight excluding hydrogens is 424 g/mol. The Balaban J connectivity index is 1.70. The Morgan fingerprint density at radius 2 is 2.03 bits per heavy atom. The van der Waals surface area contributed by atoms with Crippen LogP contribution in [-0.4, -0.2) is 53.2 Å². The maximum atomic E-state index is 12.1. The van der Waals surface area contributed by atoms with E-state index in [0.29, 0.717) is 42.4 Å². The third-order valence-corrected chi connectivity index (χ3v) is 7.40. The lowest BCUT2D eigenvalue weighted by atomic mass is 10.0. The van der Waals surface area contributed by atoms with Crippen LogP contribution in [0.5, 0.6) is 0 Å². The molecule has 4 aromatic rings. The molecule has 0 unspecified atom stereocenters. The van der Waals surface area contributed by atoms with Gasteiger partial charge in [-0.25, -0.2) is 13.7 Å². The Labute approximate surface area is 185 Å². The number of benzene rings is 1. The van der Waals surface area contributed by atoms with E-state index in [1.165, 1.54) is 0 Å². The summed E-state index contributed by atoms with van der Waals surface area (Å²) in [6, 6.07) is 13.4. The lowest BCUT2D eigenvalue weighted by molar-refractivity contribution is 0.663. The van der Waals surface area contributed by atoms with Crippen LogP contribution in [0.3, 0.4) is 0 Å². The summed E-state index contributed by atoms with van der Waals surface area (Å²) in [6.45, 7) is 3.81. The number of nitrogens with zero attached hydrogens (tertiary/aromatic N) is 7. The molecule has 1 aromatic carbocycles. The maximum Gasteiger partial charge on any atom is 0.167 e. The molecule has 4 heterocycles. The summed E-state index contributed by atoms with van der Waals surface area (Å²) >= 11 is 0. The number of nitriles is 1. The number of fused-ring (bicyclic) bond motifs is 1. The Hall–Kier alpha value is -3.71. The first kappa shape index (κ1) is 20.2. The number of hydrogen-bond acceptors (Lipinski definition) is 7. The third-order valence-electron chi connectivity index (χ3n) is 5.71. The van der Waals surface area contributed by atoms with Gasteiger partial charge in [-0.15, -0.1) is 0 Å². The Bertz CT molecular complexity index is 1450. The highest BCUT2D eigenvalue weighted by atomic mass is 32.2.